The van der Waals surface area contributed by atoms with Crippen LogP contribution in [0, 0.1) is 0 Å². The third-order valence-corrected chi connectivity index (χ3v) is 3.41. The summed E-state index contributed by atoms with van der Waals surface area (Å²) < 4.78 is 5.32. The van der Waals surface area contributed by atoms with Crippen molar-refractivity contribution in [3.8, 4) is 5.75 Å². The second-order valence-electron chi connectivity index (χ2n) is 5.26. The Bertz CT molecular complexity index is 647. The molecule has 0 aliphatic rings. The minimum Gasteiger partial charge on any atom is -0.484 e. The zero-order valence-corrected chi connectivity index (χ0v) is 13.6. The molecule has 2 rings (SSSR count). The van der Waals surface area contributed by atoms with Gasteiger partial charge in [0.2, 0.25) is 5.91 Å². The Morgan fingerprint density at radius 2 is 1.88 bits per heavy atom. The predicted octanol–water partition coefficient (Wildman–Crippen LogP) is 1.28. The van der Waals surface area contributed by atoms with E-state index in [0.29, 0.717) is 18.7 Å². The quantitative estimate of drug-likeness (QED) is 0.793. The molecule has 0 aliphatic heterocycles. The van der Waals surface area contributed by atoms with Crippen molar-refractivity contribution in [2.24, 2.45) is 0 Å². The molecule has 2 aromatic rings. The van der Waals surface area contributed by atoms with Crippen molar-refractivity contribution in [2.45, 2.75) is 6.42 Å². The highest BCUT2D eigenvalue weighted by atomic mass is 16.5. The zero-order chi connectivity index (χ0) is 17.2. The molecule has 24 heavy (non-hydrogen) atoms. The molecule has 6 heteroatoms. The summed E-state index contributed by atoms with van der Waals surface area (Å²) in [6, 6.07) is 14.7. The van der Waals surface area contributed by atoms with Gasteiger partial charge in [-0.1, -0.05) is 24.3 Å². The van der Waals surface area contributed by atoms with Gasteiger partial charge in [-0.25, -0.2) is 0 Å². The number of amides is 2. The van der Waals surface area contributed by atoms with Crippen LogP contribution in [0.15, 0.2) is 54.7 Å². The first-order valence-corrected chi connectivity index (χ1v) is 7.73. The number of hydrogen-bond donors (Lipinski definition) is 1. The molecule has 0 radical (unpaired) electrons. The molecule has 0 saturated carbocycles. The fraction of sp³-hybridized carbons (Fsp3) is 0.278. The Labute approximate surface area is 141 Å². The number of carbonyl (C=O) groups is 2. The topological polar surface area (TPSA) is 71.5 Å². The summed E-state index contributed by atoms with van der Waals surface area (Å²) in [6.45, 7) is 0.386. The molecule has 0 saturated heterocycles. The van der Waals surface area contributed by atoms with Crippen LogP contribution in [0.1, 0.15) is 5.69 Å². The number of aromatic nitrogens is 1. The normalized spacial score (nSPS) is 10.0. The van der Waals surface area contributed by atoms with Crippen LogP contribution in [0.3, 0.4) is 0 Å². The van der Waals surface area contributed by atoms with Gasteiger partial charge >= 0.3 is 0 Å². The van der Waals surface area contributed by atoms with Crippen molar-refractivity contribution in [3.05, 3.63) is 60.4 Å². The molecule has 126 valence electrons. The second kappa shape index (κ2) is 9.29. The van der Waals surface area contributed by atoms with Gasteiger partial charge in [0.15, 0.2) is 6.61 Å². The van der Waals surface area contributed by atoms with E-state index >= 15 is 0 Å². The summed E-state index contributed by atoms with van der Waals surface area (Å²) in [5.41, 5.74) is 0.928. The Morgan fingerprint density at radius 3 is 2.58 bits per heavy atom. The number of benzene rings is 1. The van der Waals surface area contributed by atoms with Gasteiger partial charge in [0.05, 0.1) is 6.54 Å². The van der Waals surface area contributed by atoms with Crippen LogP contribution in [0.2, 0.25) is 0 Å². The molecule has 1 N–H and O–H groups in total. The zero-order valence-electron chi connectivity index (χ0n) is 13.6. The molecule has 0 bridgehead atoms. The van der Waals surface area contributed by atoms with Crippen LogP contribution < -0.4 is 10.1 Å². The minimum atomic E-state index is -0.328. The third kappa shape index (κ3) is 6.08. The molecule has 1 aromatic carbocycles. The lowest BCUT2D eigenvalue weighted by atomic mass is 10.2. The first-order chi connectivity index (χ1) is 11.6. The number of nitrogens with one attached hydrogen (secondary N) is 1. The predicted molar refractivity (Wildman–Crippen MR) is 90.5 cm³/mol. The van der Waals surface area contributed by atoms with Crippen LogP contribution in [0.5, 0.6) is 5.75 Å². The SMILES string of the molecule is CN(CCc1ccccn1)C(=O)CNC(=O)COc1ccccc1. The van der Waals surface area contributed by atoms with Gasteiger partial charge in [-0.3, -0.25) is 14.6 Å². The number of likely N-dealkylation sites (N-methyl/N-ethyl adjacent to an activating group) is 1. The van der Waals surface area contributed by atoms with E-state index in [-0.39, 0.29) is 25.0 Å². The van der Waals surface area contributed by atoms with Gasteiger partial charge in [0.1, 0.15) is 5.75 Å². The molecular weight excluding hydrogens is 306 g/mol. The molecule has 0 spiro atoms. The number of pyridine rings is 1. The number of hydrogen-bond acceptors (Lipinski definition) is 4. The molecule has 0 unspecified atom stereocenters. The summed E-state index contributed by atoms with van der Waals surface area (Å²) in [4.78, 5) is 29.5. The van der Waals surface area contributed by atoms with Crippen LogP contribution in [0.25, 0.3) is 0 Å². The third-order valence-electron chi connectivity index (χ3n) is 3.41. The Balaban J connectivity index is 1.65. The summed E-state index contributed by atoms with van der Waals surface area (Å²) in [5.74, 6) is 0.135. The van der Waals surface area contributed by atoms with Crippen LogP contribution in [0.4, 0.5) is 0 Å². The maximum atomic E-state index is 12.0. The first-order valence-electron chi connectivity index (χ1n) is 7.73. The van der Waals surface area contributed by atoms with Crippen molar-refractivity contribution in [2.75, 3.05) is 26.7 Å². The smallest absolute Gasteiger partial charge is 0.258 e. The van der Waals surface area contributed by atoms with Gasteiger partial charge in [-0.15, -0.1) is 0 Å². The van der Waals surface area contributed by atoms with E-state index in [2.05, 4.69) is 10.3 Å². The fourth-order valence-corrected chi connectivity index (χ4v) is 1.98. The minimum absolute atomic E-state index is 0.0459. The maximum absolute atomic E-state index is 12.0. The highest BCUT2D eigenvalue weighted by Crippen LogP contribution is 2.07. The lowest BCUT2D eigenvalue weighted by Gasteiger charge is -2.17. The second-order valence-corrected chi connectivity index (χ2v) is 5.26. The van der Waals surface area contributed by atoms with E-state index in [1.165, 1.54) is 0 Å². The molecule has 0 atom stereocenters. The lowest BCUT2D eigenvalue weighted by molar-refractivity contribution is -0.132. The standard InChI is InChI=1S/C18H21N3O3/c1-21(12-10-15-7-5-6-11-19-15)18(23)13-20-17(22)14-24-16-8-3-2-4-9-16/h2-9,11H,10,12-14H2,1H3,(H,20,22). The van der Waals surface area contributed by atoms with Crippen LogP contribution in [-0.2, 0) is 16.0 Å². The van der Waals surface area contributed by atoms with Crippen molar-refractivity contribution >= 4 is 11.8 Å². The molecule has 2 amide bonds. The maximum Gasteiger partial charge on any atom is 0.258 e. The Kier molecular flexibility index (Phi) is 6.76. The van der Waals surface area contributed by atoms with Gasteiger partial charge < -0.3 is 15.0 Å². The summed E-state index contributed by atoms with van der Waals surface area (Å²) in [5, 5.41) is 2.56. The van der Waals surface area contributed by atoms with Crippen molar-refractivity contribution in [3.63, 3.8) is 0 Å². The van der Waals surface area contributed by atoms with Crippen molar-refractivity contribution in [1.29, 1.82) is 0 Å². The number of para-hydroxylation sites is 1. The number of rotatable bonds is 8. The van der Waals surface area contributed by atoms with E-state index in [9.17, 15) is 9.59 Å². The van der Waals surface area contributed by atoms with Crippen LogP contribution in [-0.4, -0.2) is 48.4 Å². The fourth-order valence-electron chi connectivity index (χ4n) is 1.98. The van der Waals surface area contributed by atoms with E-state index in [0.717, 1.165) is 5.69 Å². The van der Waals surface area contributed by atoms with E-state index in [1.54, 1.807) is 30.3 Å². The number of ether oxygens (including phenoxy) is 1. The molecule has 6 nitrogen and oxygen atoms in total. The van der Waals surface area contributed by atoms with Gasteiger partial charge in [-0.05, 0) is 24.3 Å². The monoisotopic (exact) mass is 327 g/mol. The van der Waals surface area contributed by atoms with Crippen LogP contribution >= 0.6 is 0 Å². The lowest BCUT2D eigenvalue weighted by Crippen LogP contribution is -2.40. The van der Waals surface area contributed by atoms with E-state index in [4.69, 9.17) is 4.74 Å². The summed E-state index contributed by atoms with van der Waals surface area (Å²) in [6.07, 6.45) is 2.40. The average Bonchev–Trinajstić information content (AvgIpc) is 2.64. The Hall–Kier alpha value is -2.89. The highest BCUT2D eigenvalue weighted by molar-refractivity contribution is 5.85. The van der Waals surface area contributed by atoms with Crippen molar-refractivity contribution < 1.29 is 14.3 Å². The van der Waals surface area contributed by atoms with E-state index < -0.39 is 0 Å². The number of nitrogens with zero attached hydrogens (tertiary/aromatic N) is 2. The summed E-state index contributed by atoms with van der Waals surface area (Å²) in [7, 11) is 1.71. The first kappa shape index (κ1) is 17.5. The molecule has 1 heterocycles. The summed E-state index contributed by atoms with van der Waals surface area (Å²) >= 11 is 0. The molecule has 0 fully saturated rings. The van der Waals surface area contributed by atoms with E-state index in [1.807, 2.05) is 36.4 Å². The van der Waals surface area contributed by atoms with Gasteiger partial charge in [0.25, 0.3) is 5.91 Å². The molecule has 0 aliphatic carbocycles. The average molecular weight is 327 g/mol. The molecular formula is C18H21N3O3. The Morgan fingerprint density at radius 1 is 1.12 bits per heavy atom. The van der Waals surface area contributed by atoms with Gasteiger partial charge in [-0.2, -0.15) is 0 Å². The molecule has 1 aromatic heterocycles. The highest BCUT2D eigenvalue weighted by Gasteiger charge is 2.11. The largest absolute Gasteiger partial charge is 0.484 e. The number of carbonyl (C=O) groups excluding carboxylic acids is 2. The van der Waals surface area contributed by atoms with Gasteiger partial charge in [0, 0.05) is 31.9 Å². The van der Waals surface area contributed by atoms with Crippen molar-refractivity contribution in [1.82, 2.24) is 15.2 Å².